The van der Waals surface area contributed by atoms with E-state index in [1.54, 1.807) is 37.3 Å². The summed E-state index contributed by atoms with van der Waals surface area (Å²) in [4.78, 5) is 38.9. The Hall–Kier alpha value is -3.03. The molecule has 0 aliphatic carbocycles. The van der Waals surface area contributed by atoms with Gasteiger partial charge >= 0.3 is 5.97 Å². The van der Waals surface area contributed by atoms with E-state index < -0.39 is 17.8 Å². The molecule has 1 N–H and O–H groups in total. The molecule has 0 atom stereocenters. The van der Waals surface area contributed by atoms with Crippen LogP contribution in [0.3, 0.4) is 0 Å². The number of esters is 1. The van der Waals surface area contributed by atoms with Gasteiger partial charge in [0.15, 0.2) is 0 Å². The third-order valence-electron chi connectivity index (χ3n) is 4.91. The van der Waals surface area contributed by atoms with Crippen molar-refractivity contribution in [2.24, 2.45) is 0 Å². The minimum absolute atomic E-state index is 0.121. The average Bonchev–Trinajstić information content (AvgIpc) is 3.00. The number of aryl methyl sites for hydroxylation is 1. The number of hydrogen-bond donors (Lipinski definition) is 1. The Kier molecular flexibility index (Phi) is 6.86. The lowest BCUT2D eigenvalue weighted by molar-refractivity contribution is -0.120. The molecule has 0 unspecified atom stereocenters. The van der Waals surface area contributed by atoms with Crippen molar-refractivity contribution in [2.45, 2.75) is 6.92 Å². The van der Waals surface area contributed by atoms with Gasteiger partial charge in [-0.15, -0.1) is 0 Å². The Balaban J connectivity index is 1.49. The number of benzene rings is 3. The summed E-state index contributed by atoms with van der Waals surface area (Å²) < 4.78 is 5.36. The number of rotatable bonds is 5. The van der Waals surface area contributed by atoms with Crippen molar-refractivity contribution in [1.82, 2.24) is 0 Å². The first kappa shape index (κ1) is 24.1. The fourth-order valence-corrected chi connectivity index (χ4v) is 4.00. The predicted molar refractivity (Wildman–Crippen MR) is 133 cm³/mol. The van der Waals surface area contributed by atoms with Crippen LogP contribution in [0.25, 0.3) is 0 Å². The van der Waals surface area contributed by atoms with Crippen LogP contribution in [-0.2, 0) is 9.59 Å². The number of ether oxygens (including phenoxy) is 1. The van der Waals surface area contributed by atoms with E-state index in [1.165, 1.54) is 30.3 Å². The van der Waals surface area contributed by atoms with Gasteiger partial charge in [-0.3, -0.25) is 9.59 Å². The Bertz CT molecular complexity index is 1370. The van der Waals surface area contributed by atoms with Gasteiger partial charge in [0.25, 0.3) is 11.8 Å². The molecule has 172 valence electrons. The summed E-state index contributed by atoms with van der Waals surface area (Å²) in [5.41, 5.74) is 1.52. The van der Waals surface area contributed by atoms with Crippen LogP contribution in [0.4, 0.5) is 11.4 Å². The van der Waals surface area contributed by atoms with Crippen LogP contribution in [0.5, 0.6) is 5.75 Å². The zero-order valence-corrected chi connectivity index (χ0v) is 20.4. The molecule has 34 heavy (non-hydrogen) atoms. The van der Waals surface area contributed by atoms with Gasteiger partial charge < -0.3 is 10.1 Å². The minimum atomic E-state index is -0.725. The molecule has 0 aromatic heterocycles. The predicted octanol–water partition coefficient (Wildman–Crippen LogP) is 6.61. The maximum absolute atomic E-state index is 12.9. The monoisotopic (exact) mass is 534 g/mol. The van der Waals surface area contributed by atoms with Gasteiger partial charge in [0.2, 0.25) is 0 Å². The maximum Gasteiger partial charge on any atom is 0.343 e. The zero-order chi connectivity index (χ0) is 24.6. The molecule has 0 radical (unpaired) electrons. The van der Waals surface area contributed by atoms with E-state index in [0.717, 1.165) is 10.5 Å². The number of hydrogen-bond acceptors (Lipinski definition) is 5. The third kappa shape index (κ3) is 4.76. The normalized spacial score (nSPS) is 13.5. The van der Waals surface area contributed by atoms with Gasteiger partial charge in [-0.25, -0.2) is 9.69 Å². The van der Waals surface area contributed by atoms with Crippen molar-refractivity contribution in [3.8, 4) is 5.75 Å². The summed E-state index contributed by atoms with van der Waals surface area (Å²) in [6, 6.07) is 15.4. The van der Waals surface area contributed by atoms with Gasteiger partial charge in [0, 0.05) is 15.7 Å². The van der Waals surface area contributed by atoms with E-state index >= 15 is 0 Å². The Morgan fingerprint density at radius 2 is 1.56 bits per heavy atom. The van der Waals surface area contributed by atoms with Crippen molar-refractivity contribution in [3.63, 3.8) is 0 Å². The van der Waals surface area contributed by atoms with Crippen molar-refractivity contribution in [3.05, 3.63) is 97.6 Å². The summed E-state index contributed by atoms with van der Waals surface area (Å²) >= 11 is 24.2. The molecule has 3 aromatic carbocycles. The highest BCUT2D eigenvalue weighted by molar-refractivity contribution is 6.54. The molecule has 0 saturated carbocycles. The molecule has 3 aromatic rings. The van der Waals surface area contributed by atoms with E-state index in [1.807, 2.05) is 0 Å². The van der Waals surface area contributed by atoms with Crippen LogP contribution in [0.1, 0.15) is 15.9 Å². The minimum Gasteiger partial charge on any atom is -0.423 e. The smallest absolute Gasteiger partial charge is 0.343 e. The fourth-order valence-electron chi connectivity index (χ4n) is 3.17. The first-order chi connectivity index (χ1) is 16.2. The van der Waals surface area contributed by atoms with Crippen LogP contribution in [-0.4, -0.2) is 17.8 Å². The molecule has 1 heterocycles. The van der Waals surface area contributed by atoms with Crippen LogP contribution in [0, 0.1) is 6.92 Å². The highest BCUT2D eigenvalue weighted by Gasteiger charge is 2.39. The molecule has 0 saturated heterocycles. The average molecular weight is 536 g/mol. The van der Waals surface area contributed by atoms with Gasteiger partial charge in [0.05, 0.1) is 16.3 Å². The lowest BCUT2D eigenvalue weighted by Crippen LogP contribution is -2.32. The second kappa shape index (κ2) is 9.68. The second-order valence-corrected chi connectivity index (χ2v) is 8.86. The number of carbonyl (C=O) groups excluding carboxylic acids is 3. The fraction of sp³-hybridized carbons (Fsp3) is 0.0417. The molecule has 0 spiro atoms. The number of nitrogens with zero attached hydrogens (tertiary/aromatic N) is 1. The number of carbonyl (C=O) groups is 3. The lowest BCUT2D eigenvalue weighted by atomic mass is 10.2. The highest BCUT2D eigenvalue weighted by atomic mass is 35.5. The zero-order valence-electron chi connectivity index (χ0n) is 17.4. The molecule has 1 aliphatic rings. The number of amides is 2. The van der Waals surface area contributed by atoms with Crippen LogP contribution in [0.15, 0.2) is 71.4 Å². The van der Waals surface area contributed by atoms with E-state index in [0.29, 0.717) is 21.5 Å². The van der Waals surface area contributed by atoms with Gasteiger partial charge in [-0.05, 0) is 73.2 Å². The summed E-state index contributed by atoms with van der Waals surface area (Å²) in [6.45, 7) is 1.80. The van der Waals surface area contributed by atoms with Crippen molar-refractivity contribution >= 4 is 75.6 Å². The van der Waals surface area contributed by atoms with E-state index in [2.05, 4.69) is 5.32 Å². The molecule has 2 amide bonds. The molecular formula is C24H14Cl4N2O4. The van der Waals surface area contributed by atoms with Crippen LogP contribution in [0.2, 0.25) is 15.1 Å². The van der Waals surface area contributed by atoms with Gasteiger partial charge in [-0.1, -0.05) is 46.4 Å². The molecule has 10 heteroatoms. The van der Waals surface area contributed by atoms with E-state index in [-0.39, 0.29) is 27.0 Å². The van der Waals surface area contributed by atoms with Crippen molar-refractivity contribution in [1.29, 1.82) is 0 Å². The third-order valence-corrected chi connectivity index (χ3v) is 6.22. The summed E-state index contributed by atoms with van der Waals surface area (Å²) in [5, 5.41) is 3.59. The number of imide groups is 1. The number of anilines is 2. The first-order valence-electron chi connectivity index (χ1n) is 9.74. The Morgan fingerprint density at radius 1 is 0.853 bits per heavy atom. The van der Waals surface area contributed by atoms with Crippen molar-refractivity contribution < 1.29 is 19.1 Å². The van der Waals surface area contributed by atoms with Gasteiger partial charge in [0.1, 0.15) is 16.5 Å². The van der Waals surface area contributed by atoms with E-state index in [4.69, 9.17) is 51.1 Å². The summed E-state index contributed by atoms with van der Waals surface area (Å²) in [7, 11) is 0. The SMILES string of the molecule is Cc1cc(OC(=O)c2ccc(NC3=C(Cl)C(=O)N(c4ccc(Cl)cc4Cl)C3=O)cc2)ccc1Cl. The number of nitrogens with one attached hydrogen (secondary N) is 1. The first-order valence-corrected chi connectivity index (χ1v) is 11.3. The maximum atomic E-state index is 12.9. The van der Waals surface area contributed by atoms with Crippen LogP contribution < -0.4 is 15.0 Å². The molecule has 4 rings (SSSR count). The summed E-state index contributed by atoms with van der Waals surface area (Å²) in [5.74, 6) is -1.61. The Morgan fingerprint density at radius 3 is 2.21 bits per heavy atom. The number of halogens is 4. The molecule has 0 bridgehead atoms. The van der Waals surface area contributed by atoms with Crippen LogP contribution >= 0.6 is 46.4 Å². The second-order valence-electron chi connectivity index (χ2n) is 7.23. The van der Waals surface area contributed by atoms with Gasteiger partial charge in [-0.2, -0.15) is 0 Å². The molecule has 0 fully saturated rings. The topological polar surface area (TPSA) is 75.7 Å². The van der Waals surface area contributed by atoms with Crippen molar-refractivity contribution in [2.75, 3.05) is 10.2 Å². The molecule has 6 nitrogen and oxygen atoms in total. The lowest BCUT2D eigenvalue weighted by Gasteiger charge is -2.16. The Labute approximate surface area is 214 Å². The highest BCUT2D eigenvalue weighted by Crippen LogP contribution is 2.35. The standard InChI is InChI=1S/C24H14Cl4N2O4/c1-12-10-16(7-8-17(12)26)34-24(33)13-2-5-15(6-3-13)29-21-20(28)22(31)30(23(21)32)19-9-4-14(25)11-18(19)27/h2-11,29H,1H3. The van der Waals surface area contributed by atoms with E-state index in [9.17, 15) is 14.4 Å². The molecule has 1 aliphatic heterocycles. The molecular weight excluding hydrogens is 522 g/mol. The summed E-state index contributed by atoms with van der Waals surface area (Å²) in [6.07, 6.45) is 0. The quantitative estimate of drug-likeness (QED) is 0.226. The largest absolute Gasteiger partial charge is 0.423 e.